The molecule has 0 saturated carbocycles. The molecule has 1 heterocycles. The normalized spacial score (nSPS) is 19.7. The van der Waals surface area contributed by atoms with Crippen LogP contribution in [0.25, 0.3) is 0 Å². The summed E-state index contributed by atoms with van der Waals surface area (Å²) in [6.07, 6.45) is 2.21. The molecule has 0 spiro atoms. The van der Waals surface area contributed by atoms with E-state index in [0.717, 1.165) is 19.5 Å². The van der Waals surface area contributed by atoms with Crippen LogP contribution >= 0.6 is 0 Å². The molecule has 1 fully saturated rings. The molecule has 1 N–H and O–H groups in total. The summed E-state index contributed by atoms with van der Waals surface area (Å²) >= 11 is 0. The summed E-state index contributed by atoms with van der Waals surface area (Å²) in [4.78, 5) is 13.9. The smallest absolute Gasteiger partial charge is 0.321 e. The second kappa shape index (κ2) is 5.38. The van der Waals surface area contributed by atoms with Crippen molar-refractivity contribution in [2.24, 2.45) is 5.92 Å². The van der Waals surface area contributed by atoms with E-state index in [9.17, 15) is 9.18 Å². The number of anilines is 1. The van der Waals surface area contributed by atoms with E-state index in [-0.39, 0.29) is 11.8 Å². The molecule has 1 unspecified atom stereocenters. The highest BCUT2D eigenvalue weighted by atomic mass is 19.1. The van der Waals surface area contributed by atoms with Gasteiger partial charge >= 0.3 is 6.03 Å². The number of carbonyl (C=O) groups excluding carboxylic acids is 1. The molecule has 0 bridgehead atoms. The van der Waals surface area contributed by atoms with Crippen LogP contribution in [0.15, 0.2) is 18.2 Å². The van der Waals surface area contributed by atoms with Gasteiger partial charge in [-0.25, -0.2) is 9.18 Å². The Balaban J connectivity index is 2.04. The van der Waals surface area contributed by atoms with Crippen LogP contribution in [0.3, 0.4) is 0 Å². The van der Waals surface area contributed by atoms with Crippen LogP contribution in [0.2, 0.25) is 0 Å². The Hall–Kier alpha value is -1.58. The Morgan fingerprint density at radius 3 is 3.00 bits per heavy atom. The molecule has 4 heteroatoms. The van der Waals surface area contributed by atoms with Crippen molar-refractivity contribution < 1.29 is 9.18 Å². The minimum Gasteiger partial charge on any atom is -0.324 e. The summed E-state index contributed by atoms with van der Waals surface area (Å²) in [6, 6.07) is 4.60. The first-order chi connectivity index (χ1) is 8.58. The van der Waals surface area contributed by atoms with Crippen LogP contribution < -0.4 is 5.32 Å². The number of urea groups is 1. The lowest BCUT2D eigenvalue weighted by Crippen LogP contribution is -2.41. The average Bonchev–Trinajstić information content (AvgIpc) is 2.35. The van der Waals surface area contributed by atoms with Gasteiger partial charge in [-0.3, -0.25) is 0 Å². The van der Waals surface area contributed by atoms with Crippen LogP contribution in [0.5, 0.6) is 0 Å². The third-order valence-electron chi connectivity index (χ3n) is 3.45. The van der Waals surface area contributed by atoms with Crippen molar-refractivity contribution in [1.29, 1.82) is 0 Å². The molecule has 2 amide bonds. The second-order valence-corrected chi connectivity index (χ2v) is 5.04. The molecular formula is C14H19FN2O. The van der Waals surface area contributed by atoms with Crippen molar-refractivity contribution in [2.75, 3.05) is 18.4 Å². The largest absolute Gasteiger partial charge is 0.324 e. The van der Waals surface area contributed by atoms with Crippen LogP contribution in [-0.4, -0.2) is 24.0 Å². The van der Waals surface area contributed by atoms with Crippen LogP contribution in [0.1, 0.15) is 25.3 Å². The molecule has 1 aliphatic heterocycles. The number of piperidine rings is 1. The van der Waals surface area contributed by atoms with E-state index in [1.807, 2.05) is 0 Å². The van der Waals surface area contributed by atoms with Crippen molar-refractivity contribution >= 4 is 11.7 Å². The fraction of sp³-hybridized carbons (Fsp3) is 0.500. The number of carbonyl (C=O) groups is 1. The first-order valence-electron chi connectivity index (χ1n) is 6.39. The molecule has 18 heavy (non-hydrogen) atoms. The average molecular weight is 250 g/mol. The van der Waals surface area contributed by atoms with E-state index in [2.05, 4.69) is 12.2 Å². The Kier molecular flexibility index (Phi) is 3.84. The second-order valence-electron chi connectivity index (χ2n) is 5.04. The molecule has 2 rings (SSSR count). The number of nitrogens with one attached hydrogen (secondary N) is 1. The quantitative estimate of drug-likeness (QED) is 0.814. The first kappa shape index (κ1) is 12.9. The number of likely N-dealkylation sites (tertiary alicyclic amines) is 1. The van der Waals surface area contributed by atoms with Gasteiger partial charge in [-0.05, 0) is 37.8 Å². The number of benzene rings is 1. The van der Waals surface area contributed by atoms with Gasteiger partial charge in [0.1, 0.15) is 5.82 Å². The molecule has 1 saturated heterocycles. The molecule has 0 aliphatic carbocycles. The maximum absolute atomic E-state index is 13.4. The van der Waals surface area contributed by atoms with Gasteiger partial charge in [0.15, 0.2) is 0 Å². The Bertz CT molecular complexity index is 447. The summed E-state index contributed by atoms with van der Waals surface area (Å²) in [6.45, 7) is 5.38. The molecule has 1 aromatic carbocycles. The Labute approximate surface area is 107 Å². The summed E-state index contributed by atoms with van der Waals surface area (Å²) in [5.74, 6) is 0.248. The standard InChI is InChI=1S/C14H19FN2O/c1-10-5-4-8-17(9-10)14(18)16-13-7-3-6-12(15)11(13)2/h3,6-7,10H,4-5,8-9H2,1-2H3,(H,16,18). The topological polar surface area (TPSA) is 32.3 Å². The SMILES string of the molecule is Cc1c(F)cccc1NC(=O)N1CCCC(C)C1. The maximum atomic E-state index is 13.4. The highest BCUT2D eigenvalue weighted by Gasteiger charge is 2.21. The van der Waals surface area contributed by atoms with Crippen molar-refractivity contribution in [3.05, 3.63) is 29.6 Å². The summed E-state index contributed by atoms with van der Waals surface area (Å²) in [7, 11) is 0. The summed E-state index contributed by atoms with van der Waals surface area (Å²) in [5, 5.41) is 2.79. The number of amides is 2. The Morgan fingerprint density at radius 2 is 2.28 bits per heavy atom. The number of rotatable bonds is 1. The van der Waals surface area contributed by atoms with Crippen molar-refractivity contribution in [3.63, 3.8) is 0 Å². The molecule has 98 valence electrons. The van der Waals surface area contributed by atoms with E-state index < -0.39 is 0 Å². The number of halogens is 1. The van der Waals surface area contributed by atoms with Crippen LogP contribution in [0.4, 0.5) is 14.9 Å². The van der Waals surface area contributed by atoms with Crippen LogP contribution in [-0.2, 0) is 0 Å². The van der Waals surface area contributed by atoms with E-state index in [0.29, 0.717) is 17.2 Å². The molecular weight excluding hydrogens is 231 g/mol. The van der Waals surface area contributed by atoms with E-state index in [1.54, 1.807) is 24.0 Å². The summed E-state index contributed by atoms with van der Waals surface area (Å²) < 4.78 is 13.4. The van der Waals surface area contributed by atoms with Gasteiger partial charge in [0.25, 0.3) is 0 Å². The monoisotopic (exact) mass is 250 g/mol. The molecule has 1 aliphatic rings. The summed E-state index contributed by atoms with van der Waals surface area (Å²) in [5.41, 5.74) is 1.04. The van der Waals surface area contributed by atoms with Crippen molar-refractivity contribution in [3.8, 4) is 0 Å². The zero-order valence-electron chi connectivity index (χ0n) is 10.9. The predicted octanol–water partition coefficient (Wildman–Crippen LogP) is 3.40. The van der Waals surface area contributed by atoms with Crippen LogP contribution in [0, 0.1) is 18.7 Å². The van der Waals surface area contributed by atoms with Gasteiger partial charge in [-0.15, -0.1) is 0 Å². The van der Waals surface area contributed by atoms with Gasteiger partial charge in [-0.2, -0.15) is 0 Å². The highest BCUT2D eigenvalue weighted by Crippen LogP contribution is 2.20. The van der Waals surface area contributed by atoms with E-state index in [4.69, 9.17) is 0 Å². The zero-order chi connectivity index (χ0) is 13.1. The van der Waals surface area contributed by atoms with Gasteiger partial charge in [-0.1, -0.05) is 13.0 Å². The third kappa shape index (κ3) is 2.81. The zero-order valence-corrected chi connectivity index (χ0v) is 10.9. The minimum absolute atomic E-state index is 0.129. The van der Waals surface area contributed by atoms with Gasteiger partial charge in [0.05, 0.1) is 0 Å². The number of hydrogen-bond donors (Lipinski definition) is 1. The van der Waals surface area contributed by atoms with Gasteiger partial charge in [0, 0.05) is 24.3 Å². The molecule has 0 radical (unpaired) electrons. The van der Waals surface area contributed by atoms with Gasteiger partial charge in [0.2, 0.25) is 0 Å². The fourth-order valence-corrected chi connectivity index (χ4v) is 2.31. The Morgan fingerprint density at radius 1 is 1.50 bits per heavy atom. The maximum Gasteiger partial charge on any atom is 0.321 e. The van der Waals surface area contributed by atoms with E-state index in [1.165, 1.54) is 12.5 Å². The van der Waals surface area contributed by atoms with Crippen molar-refractivity contribution in [2.45, 2.75) is 26.7 Å². The highest BCUT2D eigenvalue weighted by molar-refractivity contribution is 5.90. The lowest BCUT2D eigenvalue weighted by molar-refractivity contribution is 0.182. The minimum atomic E-state index is -0.292. The lowest BCUT2D eigenvalue weighted by atomic mass is 10.0. The molecule has 1 atom stereocenters. The molecule has 1 aromatic rings. The molecule has 3 nitrogen and oxygen atoms in total. The number of nitrogens with zero attached hydrogens (tertiary/aromatic N) is 1. The lowest BCUT2D eigenvalue weighted by Gasteiger charge is -2.31. The van der Waals surface area contributed by atoms with Crippen molar-refractivity contribution in [1.82, 2.24) is 4.90 Å². The molecule has 0 aromatic heterocycles. The third-order valence-corrected chi connectivity index (χ3v) is 3.45. The van der Waals surface area contributed by atoms with Gasteiger partial charge < -0.3 is 10.2 Å². The first-order valence-corrected chi connectivity index (χ1v) is 6.39. The number of hydrogen-bond acceptors (Lipinski definition) is 1. The predicted molar refractivity (Wildman–Crippen MR) is 70.1 cm³/mol. The fourth-order valence-electron chi connectivity index (χ4n) is 2.31. The van der Waals surface area contributed by atoms with E-state index >= 15 is 0 Å².